The summed E-state index contributed by atoms with van der Waals surface area (Å²) < 4.78 is 0. The maximum absolute atomic E-state index is 12.3. The molecule has 0 radical (unpaired) electrons. The summed E-state index contributed by atoms with van der Waals surface area (Å²) >= 11 is 0. The molecule has 6 nitrogen and oxygen atoms in total. The van der Waals surface area contributed by atoms with Crippen LogP contribution in [0.15, 0.2) is 47.9 Å². The molecule has 2 aliphatic rings. The fourth-order valence-electron chi connectivity index (χ4n) is 4.59. The summed E-state index contributed by atoms with van der Waals surface area (Å²) in [5.41, 5.74) is 7.44. The van der Waals surface area contributed by atoms with Crippen LogP contribution in [0.3, 0.4) is 0 Å². The van der Waals surface area contributed by atoms with Gasteiger partial charge in [-0.3, -0.25) is 9.88 Å². The Labute approximate surface area is 172 Å². The normalized spacial score (nSPS) is 21.6. The van der Waals surface area contributed by atoms with Gasteiger partial charge in [-0.05, 0) is 36.0 Å². The SMILES string of the molecule is CC(C)c1ccc(C(O)(c2cncc(C(N)=NO)c2)C2(C)CN(C3CC3)C2)cc1. The molecule has 2 aromatic rings. The molecule has 4 N–H and O–H groups in total. The van der Waals surface area contributed by atoms with Crippen molar-refractivity contribution in [1.82, 2.24) is 9.88 Å². The van der Waals surface area contributed by atoms with Crippen LogP contribution >= 0.6 is 0 Å². The summed E-state index contributed by atoms with van der Waals surface area (Å²) in [4.78, 5) is 6.74. The lowest BCUT2D eigenvalue weighted by atomic mass is 9.61. The first-order chi connectivity index (χ1) is 13.8. The van der Waals surface area contributed by atoms with Gasteiger partial charge in [0, 0.05) is 48.1 Å². The van der Waals surface area contributed by atoms with Crippen LogP contribution in [-0.4, -0.2) is 45.2 Å². The Morgan fingerprint density at radius 1 is 1.21 bits per heavy atom. The van der Waals surface area contributed by atoms with Crippen LogP contribution in [0.2, 0.25) is 0 Å². The van der Waals surface area contributed by atoms with Crippen molar-refractivity contribution in [1.29, 1.82) is 0 Å². The quantitative estimate of drug-likeness (QED) is 0.303. The van der Waals surface area contributed by atoms with Crippen LogP contribution < -0.4 is 5.73 Å². The van der Waals surface area contributed by atoms with Crippen molar-refractivity contribution in [3.8, 4) is 0 Å². The Kier molecular flexibility index (Phi) is 4.87. The van der Waals surface area contributed by atoms with Gasteiger partial charge >= 0.3 is 0 Å². The molecule has 1 atom stereocenters. The smallest absolute Gasteiger partial charge is 0.171 e. The van der Waals surface area contributed by atoms with Gasteiger partial charge in [-0.15, -0.1) is 0 Å². The van der Waals surface area contributed by atoms with Gasteiger partial charge in [0.05, 0.1) is 0 Å². The average molecular weight is 395 g/mol. The largest absolute Gasteiger partial charge is 0.409 e. The van der Waals surface area contributed by atoms with Gasteiger partial charge in [0.1, 0.15) is 5.60 Å². The minimum absolute atomic E-state index is 0.0183. The number of hydrogen-bond donors (Lipinski definition) is 3. The number of pyridine rings is 1. The second-order valence-electron chi connectivity index (χ2n) is 9.13. The Hall–Kier alpha value is -2.44. The molecule has 1 aliphatic heterocycles. The van der Waals surface area contributed by atoms with Crippen molar-refractivity contribution < 1.29 is 10.3 Å². The molecule has 29 heavy (non-hydrogen) atoms. The van der Waals surface area contributed by atoms with Crippen LogP contribution in [0.4, 0.5) is 0 Å². The Balaban J connectivity index is 1.79. The van der Waals surface area contributed by atoms with E-state index in [0.29, 0.717) is 23.1 Å². The van der Waals surface area contributed by atoms with Gasteiger partial charge in [-0.25, -0.2) is 0 Å². The van der Waals surface area contributed by atoms with E-state index in [4.69, 9.17) is 10.9 Å². The number of hydrogen-bond acceptors (Lipinski definition) is 5. The molecule has 1 aromatic heterocycles. The molecule has 4 rings (SSSR count). The maximum atomic E-state index is 12.3. The standard InChI is InChI=1S/C23H30N4O2/c1-15(2)16-4-6-18(7-5-16)23(28,22(3)13-27(14-22)20-8-9-20)19-10-17(11-25-12-19)21(24)26-29/h4-7,10-12,15,20,28-29H,8-9,13-14H2,1-3H3,(H2,24,26). The van der Waals surface area contributed by atoms with E-state index in [1.54, 1.807) is 18.5 Å². The average Bonchev–Trinajstić information content (AvgIpc) is 3.55. The predicted molar refractivity (Wildman–Crippen MR) is 113 cm³/mol. The molecule has 154 valence electrons. The van der Waals surface area contributed by atoms with Crippen molar-refractivity contribution in [3.05, 3.63) is 65.0 Å². The van der Waals surface area contributed by atoms with Crippen molar-refractivity contribution in [2.75, 3.05) is 13.1 Å². The fourth-order valence-corrected chi connectivity index (χ4v) is 4.59. The molecule has 2 fully saturated rings. The molecule has 0 amide bonds. The molecule has 0 bridgehead atoms. The number of oxime groups is 1. The number of nitrogens with two attached hydrogens (primary N) is 1. The molecular weight excluding hydrogens is 364 g/mol. The highest BCUT2D eigenvalue weighted by molar-refractivity contribution is 5.96. The highest BCUT2D eigenvalue weighted by atomic mass is 16.4. The van der Waals surface area contributed by atoms with E-state index in [9.17, 15) is 5.11 Å². The summed E-state index contributed by atoms with van der Waals surface area (Å²) in [5.74, 6) is 0.405. The van der Waals surface area contributed by atoms with E-state index in [1.165, 1.54) is 18.4 Å². The van der Waals surface area contributed by atoms with Gasteiger partial charge in [-0.2, -0.15) is 0 Å². The lowest BCUT2D eigenvalue weighted by Crippen LogP contribution is -2.65. The van der Waals surface area contributed by atoms with E-state index >= 15 is 0 Å². The van der Waals surface area contributed by atoms with Crippen LogP contribution in [0.1, 0.15) is 61.8 Å². The van der Waals surface area contributed by atoms with Crippen molar-refractivity contribution >= 4 is 5.84 Å². The third kappa shape index (κ3) is 3.30. The molecule has 2 heterocycles. The first kappa shape index (κ1) is 19.9. The fraction of sp³-hybridized carbons (Fsp3) is 0.478. The highest BCUT2D eigenvalue weighted by Gasteiger charge is 2.58. The van der Waals surface area contributed by atoms with Crippen LogP contribution in [0.25, 0.3) is 0 Å². The van der Waals surface area contributed by atoms with Gasteiger partial charge in [0.2, 0.25) is 0 Å². The number of likely N-dealkylation sites (tertiary alicyclic amines) is 1. The zero-order valence-electron chi connectivity index (χ0n) is 17.3. The number of amidine groups is 1. The van der Waals surface area contributed by atoms with E-state index in [2.05, 4.69) is 47.9 Å². The summed E-state index contributed by atoms with van der Waals surface area (Å²) in [6.07, 6.45) is 5.73. The molecule has 0 spiro atoms. The summed E-state index contributed by atoms with van der Waals surface area (Å²) in [6.45, 7) is 8.11. The lowest BCUT2D eigenvalue weighted by Gasteiger charge is -2.57. The second-order valence-corrected chi connectivity index (χ2v) is 9.13. The Morgan fingerprint density at radius 2 is 1.86 bits per heavy atom. The van der Waals surface area contributed by atoms with E-state index < -0.39 is 5.60 Å². The highest BCUT2D eigenvalue weighted by Crippen LogP contribution is 2.52. The van der Waals surface area contributed by atoms with Crippen LogP contribution in [0, 0.1) is 5.41 Å². The molecule has 1 unspecified atom stereocenters. The first-order valence-corrected chi connectivity index (χ1v) is 10.3. The second kappa shape index (κ2) is 7.11. The van der Waals surface area contributed by atoms with Gasteiger partial charge < -0.3 is 16.0 Å². The van der Waals surface area contributed by atoms with Gasteiger partial charge in [-0.1, -0.05) is 50.2 Å². The van der Waals surface area contributed by atoms with E-state index in [1.807, 2.05) is 12.1 Å². The van der Waals surface area contributed by atoms with Crippen LogP contribution in [0.5, 0.6) is 0 Å². The molecule has 1 aliphatic carbocycles. The summed E-state index contributed by atoms with van der Waals surface area (Å²) in [6, 6.07) is 10.7. The molecular formula is C23H30N4O2. The minimum Gasteiger partial charge on any atom is -0.409 e. The molecule has 1 saturated carbocycles. The van der Waals surface area contributed by atoms with Crippen molar-refractivity contribution in [3.63, 3.8) is 0 Å². The third-order valence-corrected chi connectivity index (χ3v) is 6.60. The Morgan fingerprint density at radius 3 is 2.41 bits per heavy atom. The van der Waals surface area contributed by atoms with Crippen molar-refractivity contribution in [2.45, 2.75) is 51.2 Å². The Bertz CT molecular complexity index is 915. The van der Waals surface area contributed by atoms with Gasteiger partial charge in [0.25, 0.3) is 0 Å². The number of aromatic nitrogens is 1. The zero-order valence-corrected chi connectivity index (χ0v) is 17.3. The zero-order chi connectivity index (χ0) is 20.8. The lowest BCUT2D eigenvalue weighted by molar-refractivity contribution is -0.138. The first-order valence-electron chi connectivity index (χ1n) is 10.3. The number of nitrogens with zero attached hydrogens (tertiary/aromatic N) is 3. The van der Waals surface area contributed by atoms with Crippen molar-refractivity contribution in [2.24, 2.45) is 16.3 Å². The number of rotatable bonds is 6. The topological polar surface area (TPSA) is 95.0 Å². The third-order valence-electron chi connectivity index (χ3n) is 6.60. The predicted octanol–water partition coefficient (Wildman–Crippen LogP) is 3.02. The minimum atomic E-state index is -1.23. The summed E-state index contributed by atoms with van der Waals surface area (Å²) in [7, 11) is 0. The van der Waals surface area contributed by atoms with Gasteiger partial charge in [0.15, 0.2) is 5.84 Å². The molecule has 1 saturated heterocycles. The monoisotopic (exact) mass is 394 g/mol. The van der Waals surface area contributed by atoms with E-state index in [0.717, 1.165) is 18.7 Å². The molecule has 1 aromatic carbocycles. The summed E-state index contributed by atoms with van der Waals surface area (Å²) in [5, 5.41) is 24.4. The number of benzene rings is 1. The maximum Gasteiger partial charge on any atom is 0.171 e. The number of aliphatic hydroxyl groups is 1. The van der Waals surface area contributed by atoms with Crippen LogP contribution in [-0.2, 0) is 5.60 Å². The molecule has 6 heteroatoms. The van der Waals surface area contributed by atoms with E-state index in [-0.39, 0.29) is 11.3 Å².